The molecule has 4 atom stereocenters. The fourth-order valence-corrected chi connectivity index (χ4v) is 6.11. The van der Waals surface area contributed by atoms with Gasteiger partial charge in [-0.3, -0.25) is 24.0 Å². The number of ketones is 1. The highest BCUT2D eigenvalue weighted by Crippen LogP contribution is 2.66. The maximum absolute atomic E-state index is 14.6. The lowest BCUT2D eigenvalue weighted by atomic mass is 9.89. The number of nitrogens with one attached hydrogen (secondary N) is 4. The lowest BCUT2D eigenvalue weighted by Crippen LogP contribution is -2.55. The topological polar surface area (TPSA) is 150 Å². The van der Waals surface area contributed by atoms with Crippen molar-refractivity contribution in [2.75, 3.05) is 20.2 Å². The van der Waals surface area contributed by atoms with E-state index in [1.807, 2.05) is 0 Å². The quantitative estimate of drug-likeness (QED) is 0.330. The summed E-state index contributed by atoms with van der Waals surface area (Å²) in [6, 6.07) is 3.68. The third-order valence-electron chi connectivity index (χ3n) is 8.48. The largest absolute Gasteiger partial charge is 0.496 e. The molecule has 3 fully saturated rings. The second-order valence-electron chi connectivity index (χ2n) is 11.8. The molecule has 11 nitrogen and oxygen atoms in total. The summed E-state index contributed by atoms with van der Waals surface area (Å²) >= 11 is 0. The normalized spacial score (nSPS) is 25.3. The second-order valence-corrected chi connectivity index (χ2v) is 11.8. The third kappa shape index (κ3) is 5.43. The number of carbonyl (C=O) groups excluding carboxylic acids is 5. The molecule has 2 aliphatic heterocycles. The fourth-order valence-electron chi connectivity index (χ4n) is 6.11. The molecule has 3 heterocycles. The molecule has 1 aliphatic carbocycles. The number of aromatic amines is 1. The number of likely N-dealkylation sites (tertiary alicyclic amines) is 1. The Morgan fingerprint density at radius 2 is 1.93 bits per heavy atom. The van der Waals surface area contributed by atoms with E-state index in [9.17, 15) is 32.8 Å². The predicted molar refractivity (Wildman–Crippen MR) is 147 cm³/mol. The third-order valence-corrected chi connectivity index (χ3v) is 8.48. The van der Waals surface area contributed by atoms with Gasteiger partial charge in [0.05, 0.1) is 18.6 Å². The number of ether oxygens (including phenoxy) is 1. The van der Waals surface area contributed by atoms with Gasteiger partial charge in [-0.25, -0.2) is 8.78 Å². The van der Waals surface area contributed by atoms with Crippen LogP contribution in [0.4, 0.5) is 8.78 Å². The van der Waals surface area contributed by atoms with E-state index < -0.39 is 59.3 Å². The van der Waals surface area contributed by atoms with Crippen LogP contribution in [-0.4, -0.2) is 83.5 Å². The predicted octanol–water partition coefficient (Wildman–Crippen LogP) is 1.91. The summed E-state index contributed by atoms with van der Waals surface area (Å²) in [7, 11) is 1.49. The lowest BCUT2D eigenvalue weighted by Gasteiger charge is -2.28. The molecule has 4 amide bonds. The second kappa shape index (κ2) is 11.0. The number of hydrogen-bond donors (Lipinski definition) is 4. The average molecular weight is 588 g/mol. The van der Waals surface area contributed by atoms with Crippen molar-refractivity contribution in [3.63, 3.8) is 0 Å². The zero-order chi connectivity index (χ0) is 30.4. The number of aromatic nitrogens is 1. The number of rotatable bonds is 9. The molecule has 0 bridgehead atoms. The van der Waals surface area contributed by atoms with Crippen molar-refractivity contribution in [2.45, 2.75) is 70.0 Å². The first-order chi connectivity index (χ1) is 19.9. The van der Waals surface area contributed by atoms with Crippen LogP contribution in [0.1, 0.15) is 56.4 Å². The van der Waals surface area contributed by atoms with Gasteiger partial charge in [-0.2, -0.15) is 0 Å². The van der Waals surface area contributed by atoms with Gasteiger partial charge < -0.3 is 30.6 Å². The fraction of sp³-hybridized carbons (Fsp3) is 0.552. The Morgan fingerprint density at radius 3 is 2.57 bits per heavy atom. The average Bonchev–Trinajstić information content (AvgIpc) is 3.27. The van der Waals surface area contributed by atoms with Crippen LogP contribution in [0.2, 0.25) is 0 Å². The van der Waals surface area contributed by atoms with Crippen LogP contribution in [0, 0.1) is 11.3 Å². The monoisotopic (exact) mass is 587 g/mol. The minimum Gasteiger partial charge on any atom is -0.496 e. The molecule has 42 heavy (non-hydrogen) atoms. The number of amides is 4. The van der Waals surface area contributed by atoms with Crippen molar-refractivity contribution in [1.29, 1.82) is 0 Å². The number of halogens is 2. The molecule has 5 rings (SSSR count). The van der Waals surface area contributed by atoms with Gasteiger partial charge >= 0.3 is 0 Å². The van der Waals surface area contributed by atoms with E-state index in [0.29, 0.717) is 36.0 Å². The van der Waals surface area contributed by atoms with E-state index in [-0.39, 0.29) is 37.0 Å². The first-order valence-electron chi connectivity index (χ1n) is 14.1. The molecule has 1 aromatic carbocycles. The van der Waals surface area contributed by atoms with Crippen LogP contribution in [0.25, 0.3) is 10.9 Å². The van der Waals surface area contributed by atoms with Crippen LogP contribution in [0.15, 0.2) is 24.3 Å². The van der Waals surface area contributed by atoms with Gasteiger partial charge in [0.25, 0.3) is 17.7 Å². The van der Waals surface area contributed by atoms with Crippen LogP contribution in [0.3, 0.4) is 0 Å². The van der Waals surface area contributed by atoms with Gasteiger partial charge in [0.1, 0.15) is 17.5 Å². The Hall–Kier alpha value is -4.03. The van der Waals surface area contributed by atoms with Crippen molar-refractivity contribution in [1.82, 2.24) is 25.8 Å². The van der Waals surface area contributed by atoms with Gasteiger partial charge in [0, 0.05) is 42.4 Å². The van der Waals surface area contributed by atoms with E-state index in [4.69, 9.17) is 4.74 Å². The first-order valence-corrected chi connectivity index (χ1v) is 14.1. The Balaban J connectivity index is 1.41. The van der Waals surface area contributed by atoms with E-state index in [1.165, 1.54) is 7.11 Å². The van der Waals surface area contributed by atoms with Crippen LogP contribution in [0.5, 0.6) is 5.75 Å². The van der Waals surface area contributed by atoms with Gasteiger partial charge in [0.2, 0.25) is 17.6 Å². The minimum atomic E-state index is -3.04. The van der Waals surface area contributed by atoms with Crippen molar-refractivity contribution >= 4 is 40.3 Å². The highest BCUT2D eigenvalue weighted by Gasteiger charge is 2.75. The molecular formula is C29H35F2N5O6. The molecule has 0 unspecified atom stereocenters. The highest BCUT2D eigenvalue weighted by molar-refractivity contribution is 6.38. The highest BCUT2D eigenvalue weighted by atomic mass is 19.3. The van der Waals surface area contributed by atoms with Gasteiger partial charge in [-0.1, -0.05) is 6.07 Å². The maximum Gasteiger partial charge on any atom is 0.289 e. The summed E-state index contributed by atoms with van der Waals surface area (Å²) in [6.07, 6.45) is 0.233. The van der Waals surface area contributed by atoms with E-state index in [0.717, 1.165) is 4.90 Å². The first kappa shape index (κ1) is 29.5. The number of methoxy groups -OCH3 is 1. The maximum atomic E-state index is 14.6. The van der Waals surface area contributed by atoms with E-state index in [1.54, 1.807) is 38.1 Å². The standard InChI is InChI=1S/C29H35F2N5O6/c1-15(2)33-26(40)23(37)19(10-16-6-5-9-32-24(16)38)35-25(39)21-12-28(13-29(28,30)31)14-36(21)27(41)20-11-17-18(34-20)7-4-8-22(17)42-3/h4,7-8,11,15-16,19,21,34H,5-6,9-10,12-14H2,1-3H3,(H,32,38)(H,33,40)(H,35,39)/t16-,19-,21-,28-/m0/s1. The summed E-state index contributed by atoms with van der Waals surface area (Å²) in [5.41, 5.74) is -0.861. The van der Waals surface area contributed by atoms with Crippen molar-refractivity contribution in [3.05, 3.63) is 30.0 Å². The molecular weight excluding hydrogens is 552 g/mol. The summed E-state index contributed by atoms with van der Waals surface area (Å²) in [5, 5.41) is 8.39. The number of Topliss-reactive ketones (excluding diaryl/α,β-unsaturated/α-hetero) is 1. The summed E-state index contributed by atoms with van der Waals surface area (Å²) in [6.45, 7) is 3.48. The molecule has 2 aromatic rings. The number of benzene rings is 1. The lowest BCUT2D eigenvalue weighted by molar-refractivity contribution is -0.141. The molecule has 1 aromatic heterocycles. The molecule has 1 spiro atoms. The Bertz CT molecular complexity index is 1440. The van der Waals surface area contributed by atoms with E-state index in [2.05, 4.69) is 20.9 Å². The number of hydrogen-bond acceptors (Lipinski definition) is 6. The number of fused-ring (bicyclic) bond motifs is 1. The van der Waals surface area contributed by atoms with E-state index >= 15 is 0 Å². The Kier molecular flexibility index (Phi) is 7.71. The van der Waals surface area contributed by atoms with Crippen molar-refractivity contribution in [3.8, 4) is 5.75 Å². The van der Waals surface area contributed by atoms with Gasteiger partial charge in [-0.05, 0) is 57.7 Å². The number of alkyl halides is 2. The molecule has 2 saturated heterocycles. The smallest absolute Gasteiger partial charge is 0.289 e. The van der Waals surface area contributed by atoms with Crippen molar-refractivity contribution in [2.24, 2.45) is 11.3 Å². The molecule has 226 valence electrons. The van der Waals surface area contributed by atoms with Crippen molar-refractivity contribution < 1.29 is 37.5 Å². The van der Waals surface area contributed by atoms with Crippen LogP contribution in [-0.2, 0) is 19.2 Å². The van der Waals surface area contributed by atoms with Crippen LogP contribution >= 0.6 is 0 Å². The zero-order valence-electron chi connectivity index (χ0n) is 23.7. The summed E-state index contributed by atoms with van der Waals surface area (Å²) in [4.78, 5) is 69.7. The minimum absolute atomic E-state index is 0.0936. The molecule has 0 radical (unpaired) electrons. The van der Waals surface area contributed by atoms with Gasteiger partial charge in [0.15, 0.2) is 0 Å². The van der Waals surface area contributed by atoms with Crippen LogP contribution < -0.4 is 20.7 Å². The number of piperidine rings is 1. The summed E-state index contributed by atoms with van der Waals surface area (Å²) in [5.74, 6) is -6.80. The Labute approximate surface area is 241 Å². The number of nitrogens with zero attached hydrogens (tertiary/aromatic N) is 1. The molecule has 4 N–H and O–H groups in total. The SMILES string of the molecule is COc1cccc2[nH]c(C(=O)N3C[C@]4(C[C@H]3C(=O)N[C@@H](C[C@@H]3CCCNC3=O)C(=O)C(=O)NC(C)C)CC4(F)F)cc12. The molecule has 13 heteroatoms. The number of carbonyl (C=O) groups is 5. The number of H-pyrrole nitrogens is 1. The Morgan fingerprint density at radius 1 is 1.19 bits per heavy atom. The molecule has 3 aliphatic rings. The molecule has 1 saturated carbocycles. The zero-order valence-corrected chi connectivity index (χ0v) is 23.7. The summed E-state index contributed by atoms with van der Waals surface area (Å²) < 4.78 is 34.5. The van der Waals surface area contributed by atoms with Gasteiger partial charge in [-0.15, -0.1) is 0 Å².